The molecule has 1 heterocycles. The van der Waals surface area contributed by atoms with Crippen LogP contribution in [0.15, 0.2) is 42.5 Å². The Hall–Kier alpha value is -2.83. The number of carbonyl (C=O) groups is 2. The van der Waals surface area contributed by atoms with Gasteiger partial charge in [-0.3, -0.25) is 9.59 Å². The fourth-order valence-corrected chi connectivity index (χ4v) is 3.96. The fraction of sp³-hybridized carbons (Fsp3) is 0.320. The Bertz CT molecular complexity index is 1170. The van der Waals surface area contributed by atoms with Gasteiger partial charge in [-0.1, -0.05) is 35.3 Å². The van der Waals surface area contributed by atoms with E-state index in [1.165, 1.54) is 0 Å². The predicted molar refractivity (Wildman–Crippen MR) is 132 cm³/mol. The minimum Gasteiger partial charge on any atom is -0.345 e. The van der Waals surface area contributed by atoms with Crippen molar-refractivity contribution >= 4 is 35.0 Å². The lowest BCUT2D eigenvalue weighted by molar-refractivity contribution is -0.130. The van der Waals surface area contributed by atoms with Crippen LogP contribution in [0.1, 0.15) is 39.8 Å². The van der Waals surface area contributed by atoms with E-state index in [2.05, 4.69) is 5.10 Å². The Morgan fingerprint density at radius 1 is 1.00 bits per heavy atom. The Kier molecular flexibility index (Phi) is 7.82. The van der Waals surface area contributed by atoms with E-state index >= 15 is 0 Å². The first-order valence-electron chi connectivity index (χ1n) is 10.7. The highest BCUT2D eigenvalue weighted by Crippen LogP contribution is 2.26. The summed E-state index contributed by atoms with van der Waals surface area (Å²) in [5.74, 6) is -0.0271. The number of aromatic nitrogens is 2. The molecule has 2 amide bonds. The summed E-state index contributed by atoms with van der Waals surface area (Å²) in [6, 6.07) is 12.7. The molecule has 2 aromatic carbocycles. The monoisotopic (exact) mass is 486 g/mol. The van der Waals surface area contributed by atoms with Crippen molar-refractivity contribution in [3.63, 3.8) is 0 Å². The van der Waals surface area contributed by atoms with Crippen molar-refractivity contribution in [1.29, 1.82) is 0 Å². The van der Waals surface area contributed by atoms with Crippen LogP contribution < -0.4 is 0 Å². The molecule has 33 heavy (non-hydrogen) atoms. The van der Waals surface area contributed by atoms with E-state index in [9.17, 15) is 9.59 Å². The third-order valence-electron chi connectivity index (χ3n) is 5.63. The van der Waals surface area contributed by atoms with Crippen LogP contribution in [0.2, 0.25) is 10.0 Å². The smallest absolute Gasteiger partial charge is 0.253 e. The minimum absolute atomic E-state index is 0.0193. The van der Waals surface area contributed by atoms with Gasteiger partial charge in [0.15, 0.2) is 0 Å². The average Bonchev–Trinajstić information content (AvgIpc) is 3.07. The molecule has 0 unspecified atom stereocenters. The molecule has 0 aliphatic carbocycles. The lowest BCUT2D eigenvalue weighted by Crippen LogP contribution is -2.32. The first kappa shape index (κ1) is 24.8. The third-order valence-corrected chi connectivity index (χ3v) is 6.37. The number of benzene rings is 2. The maximum atomic E-state index is 13.2. The molecule has 0 fully saturated rings. The Labute approximate surface area is 204 Å². The molecule has 0 aliphatic rings. The normalized spacial score (nSPS) is 10.9. The summed E-state index contributed by atoms with van der Waals surface area (Å²) >= 11 is 12.2. The summed E-state index contributed by atoms with van der Waals surface area (Å²) in [5, 5.41) is 5.56. The van der Waals surface area contributed by atoms with Gasteiger partial charge in [0.1, 0.15) is 0 Å². The number of hydrogen-bond acceptors (Lipinski definition) is 3. The summed E-state index contributed by atoms with van der Waals surface area (Å²) in [5.41, 5.74) is 4.98. The summed E-state index contributed by atoms with van der Waals surface area (Å²) < 4.78 is 1.79. The van der Waals surface area contributed by atoms with Crippen LogP contribution >= 0.6 is 23.2 Å². The number of halogens is 2. The van der Waals surface area contributed by atoms with Gasteiger partial charge in [0.2, 0.25) is 5.91 Å². The molecular formula is C25H28Cl2N4O2. The molecule has 0 radical (unpaired) electrons. The zero-order valence-corrected chi connectivity index (χ0v) is 21.0. The molecular weight excluding hydrogens is 459 g/mol. The van der Waals surface area contributed by atoms with Gasteiger partial charge in [0, 0.05) is 44.0 Å². The van der Waals surface area contributed by atoms with Gasteiger partial charge in [0.25, 0.3) is 5.91 Å². The standard InChI is InChI=1S/C25H28Cl2N4O2/c1-6-30(15-18-7-9-19(10-8-18)25(33)29(4)5)24(32)14-21-16(2)28-31(17(21)3)20-11-12-22(26)23(27)13-20/h7-13H,6,14-15H2,1-5H3. The fourth-order valence-electron chi connectivity index (χ4n) is 3.67. The van der Waals surface area contributed by atoms with Crippen LogP contribution in [0.5, 0.6) is 0 Å². The first-order valence-corrected chi connectivity index (χ1v) is 11.5. The van der Waals surface area contributed by atoms with Crippen molar-refractivity contribution in [3.05, 3.63) is 80.6 Å². The first-order chi connectivity index (χ1) is 15.6. The van der Waals surface area contributed by atoms with Gasteiger partial charge in [0.05, 0.1) is 27.8 Å². The minimum atomic E-state index is -0.0464. The number of likely N-dealkylation sites (N-methyl/N-ethyl adjacent to an activating group) is 1. The number of hydrogen-bond donors (Lipinski definition) is 0. The number of nitrogens with zero attached hydrogens (tertiary/aromatic N) is 4. The van der Waals surface area contributed by atoms with Gasteiger partial charge < -0.3 is 9.80 Å². The van der Waals surface area contributed by atoms with Gasteiger partial charge in [-0.05, 0) is 56.7 Å². The Balaban J connectivity index is 1.76. The lowest BCUT2D eigenvalue weighted by atomic mass is 10.1. The molecule has 0 N–H and O–H groups in total. The van der Waals surface area contributed by atoms with E-state index in [-0.39, 0.29) is 18.2 Å². The second kappa shape index (κ2) is 10.4. The quantitative estimate of drug-likeness (QED) is 0.467. The van der Waals surface area contributed by atoms with Gasteiger partial charge in [-0.15, -0.1) is 0 Å². The zero-order chi connectivity index (χ0) is 24.3. The van der Waals surface area contributed by atoms with Crippen molar-refractivity contribution < 1.29 is 9.59 Å². The molecule has 0 saturated carbocycles. The van der Waals surface area contributed by atoms with Crippen molar-refractivity contribution in [1.82, 2.24) is 19.6 Å². The topological polar surface area (TPSA) is 58.4 Å². The number of amides is 2. The van der Waals surface area contributed by atoms with E-state index < -0.39 is 0 Å². The molecule has 174 valence electrons. The number of rotatable bonds is 7. The summed E-state index contributed by atoms with van der Waals surface area (Å²) in [4.78, 5) is 28.6. The second-order valence-corrected chi connectivity index (χ2v) is 8.96. The van der Waals surface area contributed by atoms with E-state index in [4.69, 9.17) is 23.2 Å². The van der Waals surface area contributed by atoms with Crippen LogP contribution in [-0.2, 0) is 17.8 Å². The molecule has 3 aromatic rings. The Morgan fingerprint density at radius 2 is 1.67 bits per heavy atom. The van der Waals surface area contributed by atoms with Crippen LogP contribution in [-0.4, -0.2) is 52.0 Å². The SMILES string of the molecule is CCN(Cc1ccc(C(=O)N(C)C)cc1)C(=O)Cc1c(C)nn(-c2ccc(Cl)c(Cl)c2)c1C. The summed E-state index contributed by atoms with van der Waals surface area (Å²) in [6.07, 6.45) is 0.254. The van der Waals surface area contributed by atoms with Crippen molar-refractivity contribution in [2.24, 2.45) is 0 Å². The van der Waals surface area contributed by atoms with Crippen LogP contribution in [0.4, 0.5) is 0 Å². The second-order valence-electron chi connectivity index (χ2n) is 8.14. The number of aryl methyl sites for hydroxylation is 1. The molecule has 0 aliphatic heterocycles. The highest BCUT2D eigenvalue weighted by molar-refractivity contribution is 6.42. The average molecular weight is 487 g/mol. The predicted octanol–water partition coefficient (Wildman–Crippen LogP) is 5.09. The van der Waals surface area contributed by atoms with E-state index in [0.717, 1.165) is 28.2 Å². The molecule has 0 saturated heterocycles. The van der Waals surface area contributed by atoms with Crippen molar-refractivity contribution in [3.8, 4) is 5.69 Å². The maximum Gasteiger partial charge on any atom is 0.253 e. The van der Waals surface area contributed by atoms with Gasteiger partial charge in [-0.25, -0.2) is 4.68 Å². The highest BCUT2D eigenvalue weighted by atomic mass is 35.5. The van der Waals surface area contributed by atoms with Crippen LogP contribution in [0.3, 0.4) is 0 Å². The van der Waals surface area contributed by atoms with E-state index in [1.54, 1.807) is 52.8 Å². The molecule has 8 heteroatoms. The molecule has 6 nitrogen and oxygen atoms in total. The summed E-state index contributed by atoms with van der Waals surface area (Å²) in [7, 11) is 3.45. The van der Waals surface area contributed by atoms with E-state index in [1.807, 2.05) is 39.0 Å². The van der Waals surface area contributed by atoms with Crippen LogP contribution in [0.25, 0.3) is 5.69 Å². The molecule has 0 spiro atoms. The highest BCUT2D eigenvalue weighted by Gasteiger charge is 2.20. The molecule has 3 rings (SSSR count). The van der Waals surface area contributed by atoms with Crippen molar-refractivity contribution in [2.45, 2.75) is 33.7 Å². The maximum absolute atomic E-state index is 13.2. The van der Waals surface area contributed by atoms with Crippen molar-refractivity contribution in [2.75, 3.05) is 20.6 Å². The third kappa shape index (κ3) is 5.57. The zero-order valence-electron chi connectivity index (χ0n) is 19.5. The van der Waals surface area contributed by atoms with Gasteiger partial charge >= 0.3 is 0 Å². The van der Waals surface area contributed by atoms with Crippen LogP contribution in [0, 0.1) is 13.8 Å². The molecule has 1 aromatic heterocycles. The Morgan fingerprint density at radius 3 is 2.24 bits per heavy atom. The van der Waals surface area contributed by atoms with Gasteiger partial charge in [-0.2, -0.15) is 5.10 Å². The number of carbonyl (C=O) groups excluding carboxylic acids is 2. The molecule has 0 atom stereocenters. The summed E-state index contributed by atoms with van der Waals surface area (Å²) in [6.45, 7) is 6.87. The molecule has 0 bridgehead atoms. The largest absolute Gasteiger partial charge is 0.345 e. The lowest BCUT2D eigenvalue weighted by Gasteiger charge is -2.21. The van der Waals surface area contributed by atoms with E-state index in [0.29, 0.717) is 28.7 Å².